The molecule has 0 atom stereocenters. The van der Waals surface area contributed by atoms with Crippen LogP contribution in [0.1, 0.15) is 26.7 Å². The summed E-state index contributed by atoms with van der Waals surface area (Å²) in [6, 6.07) is 7.95. The maximum absolute atomic E-state index is 5.85. The predicted octanol–water partition coefficient (Wildman–Crippen LogP) is 2.62. The zero-order valence-electron chi connectivity index (χ0n) is 10.4. The summed E-state index contributed by atoms with van der Waals surface area (Å²) >= 11 is 0. The molecule has 0 saturated carbocycles. The molecule has 0 unspecified atom stereocenters. The molecule has 16 heavy (non-hydrogen) atoms. The summed E-state index contributed by atoms with van der Waals surface area (Å²) in [7, 11) is 1.68. The highest BCUT2D eigenvalue weighted by Crippen LogP contribution is 2.24. The van der Waals surface area contributed by atoms with Crippen LogP contribution in [0.3, 0.4) is 0 Å². The number of hydrogen-bond donors (Lipinski definition) is 2. The molecule has 0 fully saturated rings. The number of benzene rings is 1. The highest BCUT2D eigenvalue weighted by atomic mass is 16.5. The Labute approximate surface area is 98.0 Å². The third-order valence-corrected chi connectivity index (χ3v) is 3.22. The lowest BCUT2D eigenvalue weighted by Gasteiger charge is -2.32. The van der Waals surface area contributed by atoms with Crippen molar-refractivity contribution in [2.24, 2.45) is 5.73 Å². The molecule has 0 spiro atoms. The summed E-state index contributed by atoms with van der Waals surface area (Å²) in [5.41, 5.74) is 6.91. The van der Waals surface area contributed by atoms with Crippen molar-refractivity contribution in [3.05, 3.63) is 24.3 Å². The highest BCUT2D eigenvalue weighted by Gasteiger charge is 2.23. The molecule has 0 radical (unpaired) electrons. The predicted molar refractivity (Wildman–Crippen MR) is 69.0 cm³/mol. The average molecular weight is 222 g/mol. The molecule has 0 aliphatic rings. The quantitative estimate of drug-likeness (QED) is 0.778. The van der Waals surface area contributed by atoms with E-state index in [1.165, 1.54) is 0 Å². The average Bonchev–Trinajstić information content (AvgIpc) is 2.36. The van der Waals surface area contributed by atoms with Crippen LogP contribution in [0.25, 0.3) is 0 Å². The van der Waals surface area contributed by atoms with E-state index in [4.69, 9.17) is 10.5 Å². The van der Waals surface area contributed by atoms with E-state index in [9.17, 15) is 0 Å². The summed E-state index contributed by atoms with van der Waals surface area (Å²) in [6.07, 6.45) is 2.02. The first-order chi connectivity index (χ1) is 7.69. The van der Waals surface area contributed by atoms with Gasteiger partial charge < -0.3 is 15.8 Å². The summed E-state index contributed by atoms with van der Waals surface area (Å²) in [4.78, 5) is 0. The topological polar surface area (TPSA) is 47.3 Å². The van der Waals surface area contributed by atoms with Crippen LogP contribution in [-0.4, -0.2) is 19.2 Å². The molecule has 0 amide bonds. The van der Waals surface area contributed by atoms with Gasteiger partial charge in [-0.25, -0.2) is 0 Å². The lowest BCUT2D eigenvalue weighted by Crippen LogP contribution is -2.44. The third-order valence-electron chi connectivity index (χ3n) is 3.22. The molecule has 90 valence electrons. The molecule has 0 heterocycles. The molecule has 3 N–H and O–H groups in total. The highest BCUT2D eigenvalue weighted by molar-refractivity contribution is 5.50. The van der Waals surface area contributed by atoms with Gasteiger partial charge in [-0.1, -0.05) is 19.9 Å². The second-order valence-electron chi connectivity index (χ2n) is 4.05. The third kappa shape index (κ3) is 2.89. The molecule has 3 nitrogen and oxygen atoms in total. The van der Waals surface area contributed by atoms with Crippen molar-refractivity contribution in [1.82, 2.24) is 0 Å². The van der Waals surface area contributed by atoms with Gasteiger partial charge in [-0.2, -0.15) is 0 Å². The fourth-order valence-corrected chi connectivity index (χ4v) is 1.77. The summed E-state index contributed by atoms with van der Waals surface area (Å²) in [6.45, 7) is 4.95. The largest absolute Gasteiger partial charge is 0.497 e. The normalized spacial score (nSPS) is 11.2. The number of anilines is 1. The maximum Gasteiger partial charge on any atom is 0.120 e. The van der Waals surface area contributed by atoms with Crippen molar-refractivity contribution in [3.8, 4) is 5.75 Å². The minimum Gasteiger partial charge on any atom is -0.497 e. The molecular formula is C13H22N2O. The Kier molecular flexibility index (Phi) is 4.62. The second-order valence-corrected chi connectivity index (χ2v) is 4.05. The van der Waals surface area contributed by atoms with Crippen LogP contribution in [0.2, 0.25) is 0 Å². The zero-order valence-corrected chi connectivity index (χ0v) is 10.4. The molecule has 1 rings (SSSR count). The van der Waals surface area contributed by atoms with E-state index >= 15 is 0 Å². The second kappa shape index (κ2) is 5.75. The Morgan fingerprint density at radius 1 is 1.31 bits per heavy atom. The van der Waals surface area contributed by atoms with Crippen LogP contribution in [0.4, 0.5) is 5.69 Å². The number of ether oxygens (including phenoxy) is 1. The maximum atomic E-state index is 5.85. The molecular weight excluding hydrogens is 200 g/mol. The van der Waals surface area contributed by atoms with Crippen molar-refractivity contribution in [2.75, 3.05) is 19.0 Å². The Balaban J connectivity index is 2.84. The molecule has 0 aliphatic carbocycles. The van der Waals surface area contributed by atoms with Crippen molar-refractivity contribution < 1.29 is 4.74 Å². The van der Waals surface area contributed by atoms with Crippen LogP contribution in [0.15, 0.2) is 24.3 Å². The van der Waals surface area contributed by atoms with Gasteiger partial charge in [-0.3, -0.25) is 0 Å². The summed E-state index contributed by atoms with van der Waals surface area (Å²) < 4.78 is 5.20. The van der Waals surface area contributed by atoms with E-state index in [1.54, 1.807) is 7.11 Å². The van der Waals surface area contributed by atoms with E-state index in [0.29, 0.717) is 6.54 Å². The van der Waals surface area contributed by atoms with Crippen LogP contribution >= 0.6 is 0 Å². The van der Waals surface area contributed by atoms with Gasteiger partial charge in [0.05, 0.1) is 7.11 Å². The molecule has 0 aromatic heterocycles. The Bertz CT molecular complexity index is 313. The van der Waals surface area contributed by atoms with E-state index in [1.807, 2.05) is 24.3 Å². The van der Waals surface area contributed by atoms with Gasteiger partial charge in [0.2, 0.25) is 0 Å². The van der Waals surface area contributed by atoms with Crippen molar-refractivity contribution >= 4 is 5.69 Å². The van der Waals surface area contributed by atoms with Crippen molar-refractivity contribution in [3.63, 3.8) is 0 Å². The van der Waals surface area contributed by atoms with E-state index in [-0.39, 0.29) is 5.54 Å². The first-order valence-electron chi connectivity index (χ1n) is 5.82. The van der Waals surface area contributed by atoms with Crippen LogP contribution < -0.4 is 15.8 Å². The monoisotopic (exact) mass is 222 g/mol. The van der Waals surface area contributed by atoms with Gasteiger partial charge >= 0.3 is 0 Å². The minimum atomic E-state index is -0.00757. The molecule has 3 heteroatoms. The van der Waals surface area contributed by atoms with Gasteiger partial charge in [-0.05, 0) is 25.0 Å². The van der Waals surface area contributed by atoms with Crippen LogP contribution in [0.5, 0.6) is 5.75 Å². The van der Waals surface area contributed by atoms with E-state index < -0.39 is 0 Å². The number of nitrogens with one attached hydrogen (secondary N) is 1. The standard InChI is InChI=1S/C13H22N2O/c1-4-13(5-2,10-14)15-11-7-6-8-12(9-11)16-3/h6-9,15H,4-5,10,14H2,1-3H3. The van der Waals surface area contributed by atoms with Gasteiger partial charge in [0.1, 0.15) is 5.75 Å². The van der Waals surface area contributed by atoms with Gasteiger partial charge in [0, 0.05) is 23.8 Å². The van der Waals surface area contributed by atoms with E-state index in [0.717, 1.165) is 24.3 Å². The molecule has 0 bridgehead atoms. The molecule has 1 aromatic carbocycles. The number of methoxy groups -OCH3 is 1. The smallest absolute Gasteiger partial charge is 0.120 e. The van der Waals surface area contributed by atoms with Gasteiger partial charge in [0.15, 0.2) is 0 Å². The summed E-state index contributed by atoms with van der Waals surface area (Å²) in [5, 5.41) is 3.51. The lowest BCUT2D eigenvalue weighted by molar-refractivity contribution is 0.414. The molecule has 0 saturated heterocycles. The number of rotatable bonds is 6. The summed E-state index contributed by atoms with van der Waals surface area (Å²) in [5.74, 6) is 0.864. The van der Waals surface area contributed by atoms with Crippen molar-refractivity contribution in [1.29, 1.82) is 0 Å². The Hall–Kier alpha value is -1.22. The van der Waals surface area contributed by atoms with Gasteiger partial charge in [0.25, 0.3) is 0 Å². The molecule has 0 aliphatic heterocycles. The van der Waals surface area contributed by atoms with Crippen LogP contribution in [0, 0.1) is 0 Å². The lowest BCUT2D eigenvalue weighted by atomic mass is 9.92. The number of nitrogens with two attached hydrogens (primary N) is 1. The fraction of sp³-hybridized carbons (Fsp3) is 0.538. The van der Waals surface area contributed by atoms with Crippen LogP contribution in [-0.2, 0) is 0 Å². The van der Waals surface area contributed by atoms with Gasteiger partial charge in [-0.15, -0.1) is 0 Å². The zero-order chi connectivity index (χ0) is 12.0. The SMILES string of the molecule is CCC(CC)(CN)Nc1cccc(OC)c1. The minimum absolute atomic E-state index is 0.00757. The Morgan fingerprint density at radius 3 is 2.50 bits per heavy atom. The first-order valence-corrected chi connectivity index (χ1v) is 5.82. The first kappa shape index (κ1) is 12.8. The number of hydrogen-bond acceptors (Lipinski definition) is 3. The Morgan fingerprint density at radius 2 is 2.00 bits per heavy atom. The van der Waals surface area contributed by atoms with Crippen molar-refractivity contribution in [2.45, 2.75) is 32.2 Å². The fourth-order valence-electron chi connectivity index (χ4n) is 1.77. The molecule has 1 aromatic rings. The van der Waals surface area contributed by atoms with E-state index in [2.05, 4.69) is 19.2 Å².